The zero-order chi connectivity index (χ0) is 22.3. The molecule has 7 nitrogen and oxygen atoms in total. The lowest BCUT2D eigenvalue weighted by Crippen LogP contribution is -2.39. The molecular formula is C22H29FN2O5S. The second kappa shape index (κ2) is 10.9. The molecule has 1 aliphatic heterocycles. The molecule has 0 amide bonds. The number of hydrogen-bond acceptors (Lipinski definition) is 6. The van der Waals surface area contributed by atoms with Gasteiger partial charge in [0.05, 0.1) is 32.3 Å². The Bertz CT molecular complexity index is 947. The van der Waals surface area contributed by atoms with Crippen LogP contribution in [-0.2, 0) is 21.3 Å². The lowest BCUT2D eigenvalue weighted by atomic mass is 10.2. The van der Waals surface area contributed by atoms with E-state index in [0.717, 1.165) is 31.8 Å². The minimum atomic E-state index is -3.84. The Kier molecular flexibility index (Phi) is 8.25. The summed E-state index contributed by atoms with van der Waals surface area (Å²) in [5.41, 5.74) is 0.693. The van der Waals surface area contributed by atoms with Crippen molar-refractivity contribution in [1.29, 1.82) is 0 Å². The summed E-state index contributed by atoms with van der Waals surface area (Å²) in [5.74, 6) is 0.553. The quantitative estimate of drug-likeness (QED) is 0.552. The number of nitrogens with zero attached hydrogens (tertiary/aromatic N) is 2. The summed E-state index contributed by atoms with van der Waals surface area (Å²) in [6.07, 6.45) is 0.659. The van der Waals surface area contributed by atoms with Crippen LogP contribution in [0.4, 0.5) is 4.39 Å². The highest BCUT2D eigenvalue weighted by atomic mass is 32.2. The molecule has 0 spiro atoms. The van der Waals surface area contributed by atoms with Crippen molar-refractivity contribution in [1.82, 2.24) is 9.21 Å². The van der Waals surface area contributed by atoms with Crippen LogP contribution in [0.2, 0.25) is 0 Å². The van der Waals surface area contributed by atoms with Crippen molar-refractivity contribution < 1.29 is 27.0 Å². The van der Waals surface area contributed by atoms with E-state index >= 15 is 0 Å². The van der Waals surface area contributed by atoms with Gasteiger partial charge in [-0.1, -0.05) is 12.1 Å². The first kappa shape index (κ1) is 23.5. The minimum absolute atomic E-state index is 0.0575. The van der Waals surface area contributed by atoms with Gasteiger partial charge in [-0.15, -0.1) is 0 Å². The highest BCUT2D eigenvalue weighted by Gasteiger charge is 2.26. The number of ether oxygens (including phenoxy) is 3. The van der Waals surface area contributed by atoms with Crippen molar-refractivity contribution in [2.75, 3.05) is 53.6 Å². The Morgan fingerprint density at radius 3 is 2.42 bits per heavy atom. The van der Waals surface area contributed by atoms with Crippen LogP contribution in [0.3, 0.4) is 0 Å². The Morgan fingerprint density at radius 2 is 1.77 bits per heavy atom. The summed E-state index contributed by atoms with van der Waals surface area (Å²) in [7, 11) is -0.771. The summed E-state index contributed by atoms with van der Waals surface area (Å²) in [6, 6.07) is 10.3. The van der Waals surface area contributed by atoms with Gasteiger partial charge in [-0.05, 0) is 43.3 Å². The van der Waals surface area contributed by atoms with Crippen LogP contribution in [-0.4, -0.2) is 71.2 Å². The maximum absolute atomic E-state index is 13.4. The number of sulfonamides is 1. The van der Waals surface area contributed by atoms with Gasteiger partial charge in [0.25, 0.3) is 0 Å². The topological polar surface area (TPSA) is 68.3 Å². The summed E-state index contributed by atoms with van der Waals surface area (Å²) in [6.45, 7) is 4.27. The number of para-hydroxylation sites is 1. The molecule has 170 valence electrons. The smallest absolute Gasteiger partial charge is 0.243 e. The molecule has 31 heavy (non-hydrogen) atoms. The molecule has 9 heteroatoms. The van der Waals surface area contributed by atoms with Crippen molar-refractivity contribution in [3.8, 4) is 11.5 Å². The van der Waals surface area contributed by atoms with E-state index in [1.807, 2.05) is 6.07 Å². The summed E-state index contributed by atoms with van der Waals surface area (Å²) in [5, 5.41) is 0. The van der Waals surface area contributed by atoms with Crippen LogP contribution in [0.25, 0.3) is 0 Å². The van der Waals surface area contributed by atoms with Gasteiger partial charge in [0.1, 0.15) is 5.82 Å². The third kappa shape index (κ3) is 5.94. The Balaban J connectivity index is 1.84. The van der Waals surface area contributed by atoms with Crippen molar-refractivity contribution in [2.45, 2.75) is 17.9 Å². The first-order valence-corrected chi connectivity index (χ1v) is 11.7. The van der Waals surface area contributed by atoms with Crippen LogP contribution in [0.15, 0.2) is 47.4 Å². The zero-order valence-corrected chi connectivity index (χ0v) is 18.7. The SMILES string of the molecule is COc1cccc(CN(CCCN2CCOCC2)S(=O)(=O)c2ccc(F)cc2)c1OC. The van der Waals surface area contributed by atoms with Gasteiger partial charge in [-0.2, -0.15) is 4.31 Å². The Labute approximate surface area is 183 Å². The summed E-state index contributed by atoms with van der Waals surface area (Å²) in [4.78, 5) is 2.32. The van der Waals surface area contributed by atoms with E-state index in [1.54, 1.807) is 12.1 Å². The van der Waals surface area contributed by atoms with Crippen LogP contribution in [0.5, 0.6) is 11.5 Å². The fourth-order valence-electron chi connectivity index (χ4n) is 3.60. The van der Waals surface area contributed by atoms with Gasteiger partial charge in [0.15, 0.2) is 11.5 Å². The van der Waals surface area contributed by atoms with Crippen LogP contribution in [0.1, 0.15) is 12.0 Å². The van der Waals surface area contributed by atoms with E-state index < -0.39 is 15.8 Å². The number of halogens is 1. The average Bonchev–Trinajstić information content (AvgIpc) is 2.79. The number of hydrogen-bond donors (Lipinski definition) is 0. The molecule has 0 bridgehead atoms. The average molecular weight is 453 g/mol. The first-order chi connectivity index (χ1) is 15.0. The highest BCUT2D eigenvalue weighted by molar-refractivity contribution is 7.89. The minimum Gasteiger partial charge on any atom is -0.493 e. The van der Waals surface area contributed by atoms with E-state index in [0.29, 0.717) is 43.2 Å². The van der Waals surface area contributed by atoms with Crippen LogP contribution < -0.4 is 9.47 Å². The monoisotopic (exact) mass is 452 g/mol. The van der Waals surface area contributed by atoms with E-state index in [-0.39, 0.29) is 11.4 Å². The molecule has 0 aromatic heterocycles. The molecule has 0 aliphatic carbocycles. The lowest BCUT2D eigenvalue weighted by Gasteiger charge is -2.28. The van der Waals surface area contributed by atoms with Gasteiger partial charge in [-0.25, -0.2) is 12.8 Å². The molecule has 1 heterocycles. The number of methoxy groups -OCH3 is 2. The molecule has 2 aromatic rings. The third-order valence-electron chi connectivity index (χ3n) is 5.27. The molecule has 2 aromatic carbocycles. The second-order valence-corrected chi connectivity index (χ2v) is 9.19. The maximum Gasteiger partial charge on any atom is 0.243 e. The first-order valence-electron chi connectivity index (χ1n) is 10.2. The maximum atomic E-state index is 13.4. The van der Waals surface area contributed by atoms with Gasteiger partial charge >= 0.3 is 0 Å². The molecule has 0 radical (unpaired) electrons. The second-order valence-electron chi connectivity index (χ2n) is 7.25. The van der Waals surface area contributed by atoms with Crippen molar-refractivity contribution in [3.63, 3.8) is 0 Å². The van der Waals surface area contributed by atoms with Gasteiger partial charge in [0, 0.05) is 31.7 Å². The van der Waals surface area contributed by atoms with Gasteiger partial charge < -0.3 is 14.2 Å². The predicted octanol–water partition coefficient (Wildman–Crippen LogP) is 2.76. The third-order valence-corrected chi connectivity index (χ3v) is 7.13. The summed E-state index contributed by atoms with van der Waals surface area (Å²) < 4.78 is 57.7. The molecule has 0 saturated carbocycles. The fraction of sp³-hybridized carbons (Fsp3) is 0.455. The molecule has 1 fully saturated rings. The van der Waals surface area contributed by atoms with Gasteiger partial charge in [0.2, 0.25) is 10.0 Å². The molecule has 1 aliphatic rings. The van der Waals surface area contributed by atoms with Crippen LogP contribution in [0, 0.1) is 5.82 Å². The standard InChI is InChI=1S/C22H29FN2O5S/c1-28-21-6-3-5-18(22(21)29-2)17-25(12-4-11-24-13-15-30-16-14-24)31(26,27)20-9-7-19(23)8-10-20/h3,5-10H,4,11-17H2,1-2H3. The van der Waals surface area contributed by atoms with Crippen molar-refractivity contribution in [2.24, 2.45) is 0 Å². The fourth-order valence-corrected chi connectivity index (χ4v) is 5.06. The number of rotatable bonds is 10. The van der Waals surface area contributed by atoms with E-state index in [9.17, 15) is 12.8 Å². The molecule has 0 N–H and O–H groups in total. The van der Waals surface area contributed by atoms with Gasteiger partial charge in [-0.3, -0.25) is 4.90 Å². The Hall–Kier alpha value is -2.20. The van der Waals surface area contributed by atoms with Crippen LogP contribution >= 0.6 is 0 Å². The highest BCUT2D eigenvalue weighted by Crippen LogP contribution is 2.32. The number of morpholine rings is 1. The molecule has 0 atom stereocenters. The Morgan fingerprint density at radius 1 is 1.06 bits per heavy atom. The lowest BCUT2D eigenvalue weighted by molar-refractivity contribution is 0.0368. The molecule has 0 unspecified atom stereocenters. The zero-order valence-electron chi connectivity index (χ0n) is 17.9. The van der Waals surface area contributed by atoms with Crippen molar-refractivity contribution >= 4 is 10.0 Å². The normalized spacial score (nSPS) is 15.2. The van der Waals surface area contributed by atoms with E-state index in [1.165, 1.54) is 30.7 Å². The predicted molar refractivity (Wildman–Crippen MR) is 115 cm³/mol. The van der Waals surface area contributed by atoms with E-state index in [4.69, 9.17) is 14.2 Å². The summed E-state index contributed by atoms with van der Waals surface area (Å²) >= 11 is 0. The van der Waals surface area contributed by atoms with E-state index in [2.05, 4.69) is 4.90 Å². The molecular weight excluding hydrogens is 423 g/mol. The largest absolute Gasteiger partial charge is 0.493 e. The van der Waals surface area contributed by atoms with Crippen molar-refractivity contribution in [3.05, 3.63) is 53.8 Å². The molecule has 3 rings (SSSR count). The number of benzene rings is 2. The molecule has 1 saturated heterocycles.